The standard InChI is InChI=1S/C22H17N3O2/c1-15-7-5-6-10-19(15)20(26)23-18-13-11-17(12-14-18)22-25-24-21(27-22)16-8-3-2-4-9-16/h2-14H,1H3,(H,23,26). The van der Waals surface area contributed by atoms with Gasteiger partial charge in [0.2, 0.25) is 11.8 Å². The molecule has 4 rings (SSSR count). The van der Waals surface area contributed by atoms with E-state index in [0.29, 0.717) is 23.0 Å². The number of nitrogens with one attached hydrogen (secondary N) is 1. The molecule has 3 aromatic carbocycles. The van der Waals surface area contributed by atoms with Gasteiger partial charge in [-0.3, -0.25) is 4.79 Å². The summed E-state index contributed by atoms with van der Waals surface area (Å²) in [5.41, 5.74) is 3.96. The minimum Gasteiger partial charge on any atom is -0.416 e. The zero-order valence-corrected chi connectivity index (χ0v) is 14.7. The quantitative estimate of drug-likeness (QED) is 0.561. The highest BCUT2D eigenvalue weighted by atomic mass is 16.4. The smallest absolute Gasteiger partial charge is 0.255 e. The summed E-state index contributed by atoms with van der Waals surface area (Å²) in [5, 5.41) is 11.1. The molecule has 1 heterocycles. The van der Waals surface area contributed by atoms with Crippen molar-refractivity contribution in [1.29, 1.82) is 0 Å². The first-order chi connectivity index (χ1) is 13.2. The van der Waals surface area contributed by atoms with Gasteiger partial charge in [0, 0.05) is 22.4 Å². The Labute approximate surface area is 156 Å². The molecule has 1 aromatic heterocycles. The van der Waals surface area contributed by atoms with E-state index < -0.39 is 0 Å². The molecule has 0 radical (unpaired) electrons. The molecule has 0 atom stereocenters. The van der Waals surface area contributed by atoms with Crippen LogP contribution < -0.4 is 5.32 Å². The summed E-state index contributed by atoms with van der Waals surface area (Å²) in [6.45, 7) is 1.91. The lowest BCUT2D eigenvalue weighted by atomic mass is 10.1. The van der Waals surface area contributed by atoms with Gasteiger partial charge >= 0.3 is 0 Å². The van der Waals surface area contributed by atoms with Gasteiger partial charge in [-0.1, -0.05) is 36.4 Å². The van der Waals surface area contributed by atoms with Gasteiger partial charge in [0.25, 0.3) is 5.91 Å². The average molecular weight is 355 g/mol. The van der Waals surface area contributed by atoms with Gasteiger partial charge < -0.3 is 9.73 Å². The molecular weight excluding hydrogens is 338 g/mol. The van der Waals surface area contributed by atoms with Crippen molar-refractivity contribution in [2.24, 2.45) is 0 Å². The summed E-state index contributed by atoms with van der Waals surface area (Å²) in [7, 11) is 0. The van der Waals surface area contributed by atoms with Crippen LogP contribution in [0.25, 0.3) is 22.9 Å². The van der Waals surface area contributed by atoms with Crippen LogP contribution in [0.4, 0.5) is 5.69 Å². The molecule has 0 spiro atoms. The minimum absolute atomic E-state index is 0.134. The second kappa shape index (κ2) is 7.25. The number of nitrogens with zero attached hydrogens (tertiary/aromatic N) is 2. The van der Waals surface area contributed by atoms with E-state index in [1.54, 1.807) is 0 Å². The number of hydrogen-bond donors (Lipinski definition) is 1. The number of carbonyl (C=O) groups excluding carboxylic acids is 1. The van der Waals surface area contributed by atoms with Crippen molar-refractivity contribution in [3.63, 3.8) is 0 Å². The lowest BCUT2D eigenvalue weighted by Gasteiger charge is -2.07. The van der Waals surface area contributed by atoms with Crippen LogP contribution in [0.2, 0.25) is 0 Å². The molecule has 27 heavy (non-hydrogen) atoms. The Kier molecular flexibility index (Phi) is 4.49. The van der Waals surface area contributed by atoms with E-state index in [2.05, 4.69) is 15.5 Å². The summed E-state index contributed by atoms with van der Waals surface area (Å²) in [4.78, 5) is 12.4. The molecule has 0 saturated carbocycles. The van der Waals surface area contributed by atoms with Crippen LogP contribution in [-0.4, -0.2) is 16.1 Å². The highest BCUT2D eigenvalue weighted by molar-refractivity contribution is 6.05. The molecule has 0 bridgehead atoms. The van der Waals surface area contributed by atoms with E-state index in [-0.39, 0.29) is 5.91 Å². The van der Waals surface area contributed by atoms with Crippen LogP contribution in [0.1, 0.15) is 15.9 Å². The second-order valence-corrected chi connectivity index (χ2v) is 6.12. The fourth-order valence-electron chi connectivity index (χ4n) is 2.76. The van der Waals surface area contributed by atoms with Crippen molar-refractivity contribution in [3.8, 4) is 22.9 Å². The molecular formula is C22H17N3O2. The van der Waals surface area contributed by atoms with E-state index >= 15 is 0 Å². The molecule has 0 unspecified atom stereocenters. The Morgan fingerprint density at radius 1 is 0.778 bits per heavy atom. The highest BCUT2D eigenvalue weighted by Gasteiger charge is 2.11. The molecule has 132 valence electrons. The second-order valence-electron chi connectivity index (χ2n) is 6.12. The first-order valence-corrected chi connectivity index (χ1v) is 8.57. The van der Waals surface area contributed by atoms with Gasteiger partial charge in [-0.25, -0.2) is 0 Å². The van der Waals surface area contributed by atoms with Crippen molar-refractivity contribution < 1.29 is 9.21 Å². The molecule has 1 amide bonds. The largest absolute Gasteiger partial charge is 0.416 e. The number of carbonyl (C=O) groups is 1. The summed E-state index contributed by atoms with van der Waals surface area (Å²) >= 11 is 0. The molecule has 1 N–H and O–H groups in total. The minimum atomic E-state index is -0.134. The highest BCUT2D eigenvalue weighted by Crippen LogP contribution is 2.25. The number of rotatable bonds is 4. The van der Waals surface area contributed by atoms with Gasteiger partial charge in [0.05, 0.1) is 0 Å². The van der Waals surface area contributed by atoms with Crippen molar-refractivity contribution in [3.05, 3.63) is 90.0 Å². The van der Waals surface area contributed by atoms with Gasteiger partial charge in [0.15, 0.2) is 0 Å². The maximum atomic E-state index is 12.4. The first kappa shape index (κ1) is 16.7. The lowest BCUT2D eigenvalue weighted by Crippen LogP contribution is -2.13. The maximum absolute atomic E-state index is 12.4. The molecule has 0 saturated heterocycles. The predicted molar refractivity (Wildman–Crippen MR) is 104 cm³/mol. The predicted octanol–water partition coefficient (Wildman–Crippen LogP) is 4.96. The van der Waals surface area contributed by atoms with E-state index in [9.17, 15) is 4.79 Å². The van der Waals surface area contributed by atoms with Crippen LogP contribution in [0.5, 0.6) is 0 Å². The normalized spacial score (nSPS) is 10.6. The van der Waals surface area contributed by atoms with E-state index in [1.807, 2.05) is 85.8 Å². The van der Waals surface area contributed by atoms with Crippen molar-refractivity contribution in [1.82, 2.24) is 10.2 Å². The molecule has 0 aliphatic carbocycles. The fourth-order valence-corrected chi connectivity index (χ4v) is 2.76. The molecule has 0 fully saturated rings. The lowest BCUT2D eigenvalue weighted by molar-refractivity contribution is 0.102. The summed E-state index contributed by atoms with van der Waals surface area (Å²) in [6.07, 6.45) is 0. The number of hydrogen-bond acceptors (Lipinski definition) is 4. The zero-order valence-electron chi connectivity index (χ0n) is 14.7. The molecule has 0 aliphatic rings. The third kappa shape index (κ3) is 3.62. The monoisotopic (exact) mass is 355 g/mol. The van der Waals surface area contributed by atoms with Gasteiger partial charge in [0.1, 0.15) is 0 Å². The molecule has 4 aromatic rings. The van der Waals surface area contributed by atoms with Crippen molar-refractivity contribution in [2.75, 3.05) is 5.32 Å². The molecule has 5 nitrogen and oxygen atoms in total. The summed E-state index contributed by atoms with van der Waals surface area (Å²) in [6, 6.07) is 24.4. The Morgan fingerprint density at radius 2 is 1.37 bits per heavy atom. The van der Waals surface area contributed by atoms with Crippen LogP contribution in [-0.2, 0) is 0 Å². The third-order valence-electron chi connectivity index (χ3n) is 4.23. The fraction of sp³-hybridized carbons (Fsp3) is 0.0455. The zero-order chi connectivity index (χ0) is 18.6. The third-order valence-corrected chi connectivity index (χ3v) is 4.23. The van der Waals surface area contributed by atoms with Gasteiger partial charge in [-0.05, 0) is 55.0 Å². The number of aryl methyl sites for hydroxylation is 1. The topological polar surface area (TPSA) is 68.0 Å². The summed E-state index contributed by atoms with van der Waals surface area (Å²) < 4.78 is 5.75. The molecule has 5 heteroatoms. The average Bonchev–Trinajstić information content (AvgIpc) is 3.20. The Balaban J connectivity index is 1.50. The maximum Gasteiger partial charge on any atom is 0.255 e. The van der Waals surface area contributed by atoms with Gasteiger partial charge in [-0.15, -0.1) is 10.2 Å². The van der Waals surface area contributed by atoms with Crippen molar-refractivity contribution in [2.45, 2.75) is 6.92 Å². The number of amides is 1. The number of aromatic nitrogens is 2. The summed E-state index contributed by atoms with van der Waals surface area (Å²) in [5.74, 6) is 0.776. The van der Waals surface area contributed by atoms with Crippen molar-refractivity contribution >= 4 is 11.6 Å². The Morgan fingerprint density at radius 3 is 2.04 bits per heavy atom. The van der Waals surface area contributed by atoms with E-state index in [4.69, 9.17) is 4.42 Å². The Hall–Kier alpha value is -3.73. The van der Waals surface area contributed by atoms with Gasteiger partial charge in [-0.2, -0.15) is 0 Å². The van der Waals surface area contributed by atoms with E-state index in [0.717, 1.165) is 16.7 Å². The van der Waals surface area contributed by atoms with E-state index in [1.165, 1.54) is 0 Å². The SMILES string of the molecule is Cc1ccccc1C(=O)Nc1ccc(-c2nnc(-c3ccccc3)o2)cc1. The van der Waals surface area contributed by atoms with Crippen LogP contribution >= 0.6 is 0 Å². The Bertz CT molecular complexity index is 1070. The van der Waals surface area contributed by atoms with Crippen LogP contribution in [0.3, 0.4) is 0 Å². The van der Waals surface area contributed by atoms with Crippen LogP contribution in [0, 0.1) is 6.92 Å². The molecule has 0 aliphatic heterocycles. The first-order valence-electron chi connectivity index (χ1n) is 8.57. The number of anilines is 1. The van der Waals surface area contributed by atoms with Crippen LogP contribution in [0.15, 0.2) is 83.3 Å². The number of benzene rings is 3.